The van der Waals surface area contributed by atoms with E-state index in [0.29, 0.717) is 0 Å². The van der Waals surface area contributed by atoms with Gasteiger partial charge in [-0.05, 0) is 20.3 Å². The second-order valence-corrected chi connectivity index (χ2v) is 4.47. The van der Waals surface area contributed by atoms with Crippen molar-refractivity contribution in [1.29, 1.82) is 0 Å². The molecule has 1 saturated carbocycles. The monoisotopic (exact) mass is 209 g/mol. The van der Waals surface area contributed by atoms with Crippen molar-refractivity contribution < 1.29 is 9.90 Å². The largest absolute Gasteiger partial charge is 0.392 e. The van der Waals surface area contributed by atoms with Crippen LogP contribution in [0.4, 0.5) is 0 Å². The van der Waals surface area contributed by atoms with E-state index in [4.69, 9.17) is 0 Å². The van der Waals surface area contributed by atoms with Gasteiger partial charge in [-0.2, -0.15) is 0 Å². The predicted molar refractivity (Wildman–Crippen MR) is 58.2 cm³/mol. The van der Waals surface area contributed by atoms with Crippen LogP contribution in [-0.2, 0) is 4.79 Å². The van der Waals surface area contributed by atoms with Gasteiger partial charge >= 0.3 is 0 Å². The third-order valence-corrected chi connectivity index (χ3v) is 3.80. The average Bonchev–Trinajstić information content (AvgIpc) is 2.76. The first-order valence-corrected chi connectivity index (χ1v) is 5.84. The molecule has 2 rings (SSSR count). The normalized spacial score (nSPS) is 37.3. The number of hydrogen-bond donors (Lipinski definition) is 1. The van der Waals surface area contributed by atoms with Crippen LogP contribution in [0.15, 0.2) is 12.2 Å². The fraction of sp³-hybridized carbons (Fsp3) is 0.750. The minimum atomic E-state index is -0.311. The maximum Gasteiger partial charge on any atom is 0.226 e. The van der Waals surface area contributed by atoms with Crippen molar-refractivity contribution >= 4 is 5.91 Å². The number of aliphatic hydroxyl groups excluding tert-OH is 1. The molecule has 2 aliphatic rings. The molecule has 3 heteroatoms. The molecule has 1 N–H and O–H groups in total. The summed E-state index contributed by atoms with van der Waals surface area (Å²) in [7, 11) is 0. The molecule has 4 unspecified atom stereocenters. The number of fused-ring (bicyclic) bond motifs is 2. The predicted octanol–water partition coefficient (Wildman–Crippen LogP) is 1.04. The van der Waals surface area contributed by atoms with E-state index in [0.717, 1.165) is 19.5 Å². The maximum atomic E-state index is 12.1. The Hall–Kier alpha value is -0.830. The van der Waals surface area contributed by atoms with Crippen LogP contribution in [0, 0.1) is 17.8 Å². The average molecular weight is 209 g/mol. The number of amides is 1. The van der Waals surface area contributed by atoms with Gasteiger partial charge in [-0.15, -0.1) is 0 Å². The molecule has 0 aromatic carbocycles. The standard InChI is InChI=1S/C12H19NO2/c1-3-13(4-2)12(15)10-7-8-5-6-9(10)11(8)14/h5-6,8-11,14H,3-4,7H2,1-2H3. The molecule has 0 radical (unpaired) electrons. The van der Waals surface area contributed by atoms with Crippen molar-refractivity contribution in [2.45, 2.75) is 26.4 Å². The second kappa shape index (κ2) is 3.97. The lowest BCUT2D eigenvalue weighted by Crippen LogP contribution is -2.38. The van der Waals surface area contributed by atoms with Gasteiger partial charge in [-0.3, -0.25) is 4.79 Å². The van der Waals surface area contributed by atoms with E-state index in [1.54, 1.807) is 0 Å². The molecule has 2 bridgehead atoms. The van der Waals surface area contributed by atoms with Crippen LogP contribution in [0.25, 0.3) is 0 Å². The van der Waals surface area contributed by atoms with Crippen LogP contribution in [-0.4, -0.2) is 35.1 Å². The molecule has 3 nitrogen and oxygen atoms in total. The topological polar surface area (TPSA) is 40.5 Å². The maximum absolute atomic E-state index is 12.1. The first-order chi connectivity index (χ1) is 7.19. The summed E-state index contributed by atoms with van der Waals surface area (Å²) in [5.74, 6) is 0.536. The number of nitrogens with zero attached hydrogens (tertiary/aromatic N) is 1. The van der Waals surface area contributed by atoms with Gasteiger partial charge in [-0.1, -0.05) is 12.2 Å². The zero-order chi connectivity index (χ0) is 11.0. The molecule has 0 aromatic rings. The van der Waals surface area contributed by atoms with E-state index < -0.39 is 0 Å². The van der Waals surface area contributed by atoms with E-state index in [1.807, 2.05) is 24.8 Å². The van der Waals surface area contributed by atoms with Crippen molar-refractivity contribution in [2.75, 3.05) is 13.1 Å². The SMILES string of the molecule is CCN(CC)C(=O)C1CC2C=CC1C2O. The van der Waals surface area contributed by atoms with E-state index in [2.05, 4.69) is 6.08 Å². The molecule has 0 saturated heterocycles. The van der Waals surface area contributed by atoms with Gasteiger partial charge in [0.15, 0.2) is 0 Å². The Kier molecular flexibility index (Phi) is 2.83. The van der Waals surface area contributed by atoms with Crippen LogP contribution in [0.2, 0.25) is 0 Å². The molecule has 0 aromatic heterocycles. The third kappa shape index (κ3) is 1.59. The summed E-state index contributed by atoms with van der Waals surface area (Å²) in [5.41, 5.74) is 0. The van der Waals surface area contributed by atoms with Gasteiger partial charge in [0.1, 0.15) is 0 Å². The third-order valence-electron chi connectivity index (χ3n) is 3.80. The summed E-state index contributed by atoms with van der Waals surface area (Å²) < 4.78 is 0. The Morgan fingerprint density at radius 1 is 1.40 bits per heavy atom. The highest BCUT2D eigenvalue weighted by Crippen LogP contribution is 2.44. The van der Waals surface area contributed by atoms with Crippen molar-refractivity contribution in [3.05, 3.63) is 12.2 Å². The van der Waals surface area contributed by atoms with Crippen molar-refractivity contribution in [2.24, 2.45) is 17.8 Å². The molecule has 0 aliphatic heterocycles. The Balaban J connectivity index is 2.07. The lowest BCUT2D eigenvalue weighted by Gasteiger charge is -2.26. The van der Waals surface area contributed by atoms with Gasteiger partial charge < -0.3 is 10.0 Å². The van der Waals surface area contributed by atoms with Crippen molar-refractivity contribution in [1.82, 2.24) is 4.90 Å². The van der Waals surface area contributed by atoms with E-state index in [9.17, 15) is 9.90 Å². The summed E-state index contributed by atoms with van der Waals surface area (Å²) >= 11 is 0. The number of rotatable bonds is 3. The summed E-state index contributed by atoms with van der Waals surface area (Å²) in [6.45, 7) is 5.54. The minimum absolute atomic E-state index is 0.0231. The lowest BCUT2D eigenvalue weighted by atomic mass is 9.92. The molecular formula is C12H19NO2. The molecule has 1 amide bonds. The molecule has 4 atom stereocenters. The number of carbonyl (C=O) groups is 1. The zero-order valence-corrected chi connectivity index (χ0v) is 9.39. The highest BCUT2D eigenvalue weighted by Gasteiger charge is 2.47. The highest BCUT2D eigenvalue weighted by molar-refractivity contribution is 5.80. The molecule has 2 aliphatic carbocycles. The number of carbonyl (C=O) groups excluding carboxylic acids is 1. The summed E-state index contributed by atoms with van der Waals surface area (Å²) in [6, 6.07) is 0. The van der Waals surface area contributed by atoms with Gasteiger partial charge in [0.25, 0.3) is 0 Å². The van der Waals surface area contributed by atoms with Crippen LogP contribution >= 0.6 is 0 Å². The van der Waals surface area contributed by atoms with E-state index in [-0.39, 0.29) is 29.8 Å². The number of hydrogen-bond acceptors (Lipinski definition) is 2. The molecule has 84 valence electrons. The van der Waals surface area contributed by atoms with Gasteiger partial charge in [0.2, 0.25) is 5.91 Å². The minimum Gasteiger partial charge on any atom is -0.392 e. The Labute approximate surface area is 90.8 Å². The van der Waals surface area contributed by atoms with Gasteiger partial charge in [0, 0.05) is 30.8 Å². The molecule has 15 heavy (non-hydrogen) atoms. The molecule has 0 spiro atoms. The Bertz CT molecular complexity index is 283. The van der Waals surface area contributed by atoms with Crippen LogP contribution in [0.1, 0.15) is 20.3 Å². The molecule has 1 fully saturated rings. The van der Waals surface area contributed by atoms with E-state index in [1.165, 1.54) is 0 Å². The quantitative estimate of drug-likeness (QED) is 0.705. The first kappa shape index (κ1) is 10.7. The lowest BCUT2D eigenvalue weighted by molar-refractivity contribution is -0.136. The summed E-state index contributed by atoms with van der Waals surface area (Å²) in [5, 5.41) is 9.84. The smallest absolute Gasteiger partial charge is 0.226 e. The van der Waals surface area contributed by atoms with Crippen LogP contribution < -0.4 is 0 Å². The first-order valence-electron chi connectivity index (χ1n) is 5.84. The van der Waals surface area contributed by atoms with Gasteiger partial charge in [-0.25, -0.2) is 0 Å². The van der Waals surface area contributed by atoms with Crippen molar-refractivity contribution in [3.63, 3.8) is 0 Å². The van der Waals surface area contributed by atoms with E-state index >= 15 is 0 Å². The van der Waals surface area contributed by atoms with Crippen LogP contribution in [0.5, 0.6) is 0 Å². The van der Waals surface area contributed by atoms with Crippen LogP contribution in [0.3, 0.4) is 0 Å². The molecular weight excluding hydrogens is 190 g/mol. The van der Waals surface area contributed by atoms with Crippen molar-refractivity contribution in [3.8, 4) is 0 Å². The summed E-state index contributed by atoms with van der Waals surface area (Å²) in [6.07, 6.45) is 4.60. The zero-order valence-electron chi connectivity index (χ0n) is 9.39. The Morgan fingerprint density at radius 2 is 2.07 bits per heavy atom. The Morgan fingerprint density at radius 3 is 2.47 bits per heavy atom. The highest BCUT2D eigenvalue weighted by atomic mass is 16.3. The fourth-order valence-corrected chi connectivity index (χ4v) is 2.86. The second-order valence-electron chi connectivity index (χ2n) is 4.47. The molecule has 0 heterocycles. The summed E-state index contributed by atoms with van der Waals surface area (Å²) in [4.78, 5) is 14.0. The van der Waals surface area contributed by atoms with Gasteiger partial charge in [0.05, 0.1) is 6.10 Å². The fourth-order valence-electron chi connectivity index (χ4n) is 2.86. The number of aliphatic hydroxyl groups is 1.